The minimum absolute atomic E-state index is 0.199. The largest absolute Gasteiger partial charge is 0.398 e. The summed E-state index contributed by atoms with van der Waals surface area (Å²) in [6.45, 7) is 2.37. The number of aryl methyl sites for hydroxylation is 1. The van der Waals surface area contributed by atoms with Crippen LogP contribution < -0.4 is 11.1 Å². The number of nitrogens with one attached hydrogen (secondary N) is 1. The van der Waals surface area contributed by atoms with Gasteiger partial charge in [-0.05, 0) is 13.0 Å². The summed E-state index contributed by atoms with van der Waals surface area (Å²) in [6, 6.07) is 1.69. The van der Waals surface area contributed by atoms with Crippen molar-refractivity contribution in [1.82, 2.24) is 15.3 Å². The Morgan fingerprint density at radius 2 is 2.33 bits per heavy atom. The van der Waals surface area contributed by atoms with E-state index in [9.17, 15) is 4.79 Å². The van der Waals surface area contributed by atoms with Crippen molar-refractivity contribution in [3.8, 4) is 0 Å². The van der Waals surface area contributed by atoms with Crippen molar-refractivity contribution >= 4 is 22.9 Å². The van der Waals surface area contributed by atoms with Gasteiger partial charge in [-0.15, -0.1) is 11.3 Å². The summed E-state index contributed by atoms with van der Waals surface area (Å²) in [5.74, 6) is -0.199. The van der Waals surface area contributed by atoms with Crippen molar-refractivity contribution in [2.24, 2.45) is 0 Å². The number of carbonyl (C=O) groups excluding carboxylic acids is 1. The highest BCUT2D eigenvalue weighted by molar-refractivity contribution is 7.07. The molecule has 0 fully saturated rings. The second-order valence-electron chi connectivity index (χ2n) is 3.90. The molecular formula is C12H14N4OS. The predicted octanol–water partition coefficient (Wildman–Crippen LogP) is 1.40. The molecule has 0 saturated heterocycles. The highest BCUT2D eigenvalue weighted by atomic mass is 32.1. The lowest BCUT2D eigenvalue weighted by atomic mass is 10.2. The van der Waals surface area contributed by atoms with Crippen LogP contribution >= 0.6 is 11.3 Å². The summed E-state index contributed by atoms with van der Waals surface area (Å²) in [7, 11) is 0. The molecule has 0 aromatic carbocycles. The zero-order chi connectivity index (χ0) is 13.0. The fourth-order valence-electron chi connectivity index (χ4n) is 1.53. The molecule has 18 heavy (non-hydrogen) atoms. The molecule has 2 heterocycles. The normalized spacial score (nSPS) is 10.3. The Morgan fingerprint density at radius 3 is 3.00 bits per heavy atom. The molecule has 2 aromatic heterocycles. The van der Waals surface area contributed by atoms with E-state index in [0.29, 0.717) is 24.2 Å². The number of hydrogen-bond donors (Lipinski definition) is 2. The molecule has 5 nitrogen and oxygen atoms in total. The first-order chi connectivity index (χ1) is 8.66. The first kappa shape index (κ1) is 12.5. The molecule has 2 aromatic rings. The number of thiazole rings is 1. The number of nitrogen functional groups attached to an aromatic ring is 1. The molecule has 0 aliphatic carbocycles. The molecule has 94 valence electrons. The van der Waals surface area contributed by atoms with Crippen molar-refractivity contribution in [3.05, 3.63) is 40.1 Å². The third kappa shape index (κ3) is 3.04. The topological polar surface area (TPSA) is 80.9 Å². The summed E-state index contributed by atoms with van der Waals surface area (Å²) in [6.07, 6.45) is 2.22. The summed E-state index contributed by atoms with van der Waals surface area (Å²) in [5.41, 5.74) is 10.2. The fraction of sp³-hybridized carbons (Fsp3) is 0.250. The Hall–Kier alpha value is -1.95. The van der Waals surface area contributed by atoms with E-state index in [4.69, 9.17) is 5.73 Å². The van der Waals surface area contributed by atoms with Gasteiger partial charge in [0.2, 0.25) is 0 Å². The number of nitrogens with two attached hydrogens (primary N) is 1. The molecule has 2 rings (SSSR count). The molecule has 6 heteroatoms. The second kappa shape index (κ2) is 5.59. The third-order valence-corrected chi connectivity index (χ3v) is 3.10. The van der Waals surface area contributed by atoms with Gasteiger partial charge in [-0.1, -0.05) is 0 Å². The molecular weight excluding hydrogens is 248 g/mol. The molecule has 0 aliphatic rings. The van der Waals surface area contributed by atoms with Gasteiger partial charge in [-0.3, -0.25) is 9.78 Å². The van der Waals surface area contributed by atoms with E-state index in [1.807, 2.05) is 12.3 Å². The number of aromatic nitrogens is 2. The number of carbonyl (C=O) groups is 1. The van der Waals surface area contributed by atoms with E-state index >= 15 is 0 Å². The van der Waals surface area contributed by atoms with E-state index in [1.165, 1.54) is 6.20 Å². The minimum atomic E-state index is -0.199. The van der Waals surface area contributed by atoms with Crippen molar-refractivity contribution < 1.29 is 4.79 Å². The van der Waals surface area contributed by atoms with Crippen LogP contribution in [0.2, 0.25) is 0 Å². The SMILES string of the molecule is Cc1cc(N)c(C(=O)NCCc2cscn2)cn1. The van der Waals surface area contributed by atoms with Crippen LogP contribution in [0.25, 0.3) is 0 Å². The van der Waals surface area contributed by atoms with Crippen LogP contribution in [0.15, 0.2) is 23.2 Å². The van der Waals surface area contributed by atoms with Crippen molar-refractivity contribution in [2.75, 3.05) is 12.3 Å². The van der Waals surface area contributed by atoms with Gasteiger partial charge in [0.1, 0.15) is 0 Å². The molecule has 0 radical (unpaired) electrons. The Kier molecular flexibility index (Phi) is 3.88. The molecule has 0 unspecified atom stereocenters. The molecule has 1 amide bonds. The number of nitrogens with zero attached hydrogens (tertiary/aromatic N) is 2. The Balaban J connectivity index is 1.91. The number of amides is 1. The summed E-state index contributed by atoms with van der Waals surface area (Å²) >= 11 is 1.55. The molecule has 0 bridgehead atoms. The Labute approximate surface area is 109 Å². The maximum atomic E-state index is 11.9. The highest BCUT2D eigenvalue weighted by Gasteiger charge is 2.09. The Morgan fingerprint density at radius 1 is 1.50 bits per heavy atom. The van der Waals surface area contributed by atoms with Gasteiger partial charge in [-0.2, -0.15) is 0 Å². The maximum absolute atomic E-state index is 11.9. The van der Waals surface area contributed by atoms with Crippen LogP contribution in [0.4, 0.5) is 5.69 Å². The lowest BCUT2D eigenvalue weighted by Gasteiger charge is -2.06. The monoisotopic (exact) mass is 262 g/mol. The van der Waals surface area contributed by atoms with Gasteiger partial charge in [0, 0.05) is 35.9 Å². The van der Waals surface area contributed by atoms with Gasteiger partial charge in [0.05, 0.1) is 16.8 Å². The van der Waals surface area contributed by atoms with E-state index in [1.54, 1.807) is 22.9 Å². The maximum Gasteiger partial charge on any atom is 0.254 e. The van der Waals surface area contributed by atoms with Gasteiger partial charge >= 0.3 is 0 Å². The lowest BCUT2D eigenvalue weighted by molar-refractivity contribution is 0.0954. The number of anilines is 1. The van der Waals surface area contributed by atoms with E-state index in [0.717, 1.165) is 11.4 Å². The fourth-order valence-corrected chi connectivity index (χ4v) is 2.12. The highest BCUT2D eigenvalue weighted by Crippen LogP contribution is 2.11. The van der Waals surface area contributed by atoms with Gasteiger partial charge in [0.25, 0.3) is 5.91 Å². The van der Waals surface area contributed by atoms with Crippen molar-refractivity contribution in [2.45, 2.75) is 13.3 Å². The summed E-state index contributed by atoms with van der Waals surface area (Å²) < 4.78 is 0. The number of pyridine rings is 1. The van der Waals surface area contributed by atoms with Crippen LogP contribution in [-0.2, 0) is 6.42 Å². The summed E-state index contributed by atoms with van der Waals surface area (Å²) in [5, 5.41) is 4.77. The first-order valence-corrected chi connectivity index (χ1v) is 6.48. The lowest BCUT2D eigenvalue weighted by Crippen LogP contribution is -2.26. The third-order valence-electron chi connectivity index (χ3n) is 2.47. The zero-order valence-electron chi connectivity index (χ0n) is 10.0. The minimum Gasteiger partial charge on any atom is -0.398 e. The van der Waals surface area contributed by atoms with Gasteiger partial charge in [-0.25, -0.2) is 4.98 Å². The van der Waals surface area contributed by atoms with E-state index < -0.39 is 0 Å². The van der Waals surface area contributed by atoms with Crippen LogP contribution in [0, 0.1) is 6.92 Å². The quantitative estimate of drug-likeness (QED) is 0.872. The van der Waals surface area contributed by atoms with E-state index in [-0.39, 0.29) is 5.91 Å². The molecule has 0 spiro atoms. The van der Waals surface area contributed by atoms with E-state index in [2.05, 4.69) is 15.3 Å². The molecule has 0 saturated carbocycles. The van der Waals surface area contributed by atoms with Crippen molar-refractivity contribution in [3.63, 3.8) is 0 Å². The van der Waals surface area contributed by atoms with Crippen LogP contribution in [0.5, 0.6) is 0 Å². The second-order valence-corrected chi connectivity index (χ2v) is 4.62. The number of hydrogen-bond acceptors (Lipinski definition) is 5. The average Bonchev–Trinajstić information content (AvgIpc) is 2.81. The number of rotatable bonds is 4. The standard InChI is InChI=1S/C12H14N4OS/c1-8-4-11(13)10(5-15-8)12(17)14-3-2-9-6-18-7-16-9/h4-7H,2-3H2,1H3,(H2,13,15)(H,14,17). The zero-order valence-corrected chi connectivity index (χ0v) is 10.8. The smallest absolute Gasteiger partial charge is 0.254 e. The van der Waals surface area contributed by atoms with Gasteiger partial charge in [0.15, 0.2) is 0 Å². The molecule has 0 aliphatic heterocycles. The van der Waals surface area contributed by atoms with Gasteiger partial charge < -0.3 is 11.1 Å². The molecule has 0 atom stereocenters. The average molecular weight is 262 g/mol. The Bertz CT molecular complexity index is 539. The first-order valence-electron chi connectivity index (χ1n) is 5.54. The van der Waals surface area contributed by atoms with Crippen molar-refractivity contribution in [1.29, 1.82) is 0 Å². The predicted molar refractivity (Wildman–Crippen MR) is 71.5 cm³/mol. The summed E-state index contributed by atoms with van der Waals surface area (Å²) in [4.78, 5) is 20.1. The molecule has 3 N–H and O–H groups in total. The van der Waals surface area contributed by atoms with Crippen LogP contribution in [0.3, 0.4) is 0 Å². The van der Waals surface area contributed by atoms with Crippen LogP contribution in [0.1, 0.15) is 21.7 Å². The van der Waals surface area contributed by atoms with Crippen LogP contribution in [-0.4, -0.2) is 22.4 Å².